The molecule has 0 amide bonds. The lowest BCUT2D eigenvalue weighted by Crippen LogP contribution is -2.30. The molecule has 0 aromatic rings. The van der Waals surface area contributed by atoms with Gasteiger partial charge in [0.1, 0.15) is 13.2 Å². The van der Waals surface area contributed by atoms with Gasteiger partial charge in [0, 0.05) is 19.3 Å². The highest BCUT2D eigenvalue weighted by atomic mass is 16.6. The Labute approximate surface area is 412 Å². The minimum Gasteiger partial charge on any atom is -0.462 e. The number of carbonyl (C=O) groups excluding carboxylic acids is 3. The van der Waals surface area contributed by atoms with E-state index in [1.807, 2.05) is 6.08 Å². The molecule has 380 valence electrons. The van der Waals surface area contributed by atoms with Crippen molar-refractivity contribution >= 4 is 17.9 Å². The van der Waals surface area contributed by atoms with Crippen LogP contribution in [0.3, 0.4) is 0 Å². The summed E-state index contributed by atoms with van der Waals surface area (Å²) in [5.74, 6) is -1.06. The number of hydrogen-bond donors (Lipinski definition) is 0. The summed E-state index contributed by atoms with van der Waals surface area (Å²) in [6.07, 6.45) is 73.8. The zero-order valence-corrected chi connectivity index (χ0v) is 43.4. The molecule has 0 radical (unpaired) electrons. The molecule has 67 heavy (non-hydrogen) atoms. The summed E-state index contributed by atoms with van der Waals surface area (Å²) in [6, 6.07) is 0. The Bertz CT molecular complexity index is 1390. The molecule has 1 unspecified atom stereocenters. The van der Waals surface area contributed by atoms with E-state index in [-0.39, 0.29) is 44.0 Å². The minimum atomic E-state index is -0.833. The molecule has 6 nitrogen and oxygen atoms in total. The van der Waals surface area contributed by atoms with Gasteiger partial charge in [0.05, 0.1) is 0 Å². The Morgan fingerprint density at radius 2 is 0.672 bits per heavy atom. The van der Waals surface area contributed by atoms with Gasteiger partial charge < -0.3 is 14.2 Å². The maximum atomic E-state index is 12.8. The van der Waals surface area contributed by atoms with Crippen molar-refractivity contribution in [2.24, 2.45) is 0 Å². The largest absolute Gasteiger partial charge is 0.462 e. The van der Waals surface area contributed by atoms with Crippen LogP contribution in [0.4, 0.5) is 0 Å². The van der Waals surface area contributed by atoms with E-state index in [9.17, 15) is 14.4 Å². The SMILES string of the molecule is CC/C=C\C/C=C\C/C=C\C/C=C\C/C=C\CCCC(=O)OC(COC(=O)CC/C=C\C/C=C\CCCCCCCC)COC(=O)CCCCCCCCCCCC/C=C\C=C/CCCCC. The smallest absolute Gasteiger partial charge is 0.306 e. The average molecular weight is 929 g/mol. The van der Waals surface area contributed by atoms with Gasteiger partial charge in [-0.05, 0) is 103 Å². The normalized spacial score (nSPS) is 12.9. The van der Waals surface area contributed by atoms with Crippen molar-refractivity contribution in [1.29, 1.82) is 0 Å². The molecule has 0 aromatic carbocycles. The average Bonchev–Trinajstić information content (AvgIpc) is 3.33. The lowest BCUT2D eigenvalue weighted by molar-refractivity contribution is -0.166. The van der Waals surface area contributed by atoms with Gasteiger partial charge in [-0.1, -0.05) is 226 Å². The zero-order chi connectivity index (χ0) is 48.6. The molecule has 0 rings (SSSR count). The molecule has 0 N–H and O–H groups in total. The quantitative estimate of drug-likeness (QED) is 0.0199. The molecule has 0 aliphatic rings. The molecule has 0 fully saturated rings. The van der Waals surface area contributed by atoms with Gasteiger partial charge in [-0.25, -0.2) is 0 Å². The van der Waals surface area contributed by atoms with Crippen molar-refractivity contribution in [1.82, 2.24) is 0 Å². The predicted molar refractivity (Wildman–Crippen MR) is 288 cm³/mol. The topological polar surface area (TPSA) is 78.9 Å². The van der Waals surface area contributed by atoms with Crippen LogP contribution < -0.4 is 0 Å². The molecule has 0 heterocycles. The number of unbranched alkanes of at least 4 members (excludes halogenated alkanes) is 20. The third-order valence-electron chi connectivity index (χ3n) is 11.3. The molecule has 0 saturated carbocycles. The fraction of sp³-hybridized carbons (Fsp3) is 0.656. The summed E-state index contributed by atoms with van der Waals surface area (Å²) in [7, 11) is 0. The van der Waals surface area contributed by atoms with E-state index < -0.39 is 6.10 Å². The Morgan fingerprint density at radius 1 is 0.328 bits per heavy atom. The molecular formula is C61H100O6. The molecule has 0 aliphatic heterocycles. The monoisotopic (exact) mass is 929 g/mol. The van der Waals surface area contributed by atoms with Crippen molar-refractivity contribution in [3.8, 4) is 0 Å². The summed E-state index contributed by atoms with van der Waals surface area (Å²) in [6.45, 7) is 6.38. The van der Waals surface area contributed by atoms with Crippen LogP contribution in [0.25, 0.3) is 0 Å². The Balaban J connectivity index is 4.52. The number of allylic oxidation sites excluding steroid dienone is 18. The van der Waals surface area contributed by atoms with Crippen LogP contribution in [0.15, 0.2) is 109 Å². The van der Waals surface area contributed by atoms with Crippen LogP contribution in [0.1, 0.15) is 239 Å². The molecule has 0 aliphatic carbocycles. The molecule has 1 atom stereocenters. The van der Waals surface area contributed by atoms with Gasteiger partial charge in [0.15, 0.2) is 6.10 Å². The lowest BCUT2D eigenvalue weighted by Gasteiger charge is -2.18. The first-order valence-electron chi connectivity index (χ1n) is 27.4. The zero-order valence-electron chi connectivity index (χ0n) is 43.4. The van der Waals surface area contributed by atoms with E-state index in [0.29, 0.717) is 19.3 Å². The van der Waals surface area contributed by atoms with Gasteiger partial charge in [-0.2, -0.15) is 0 Å². The molecular weight excluding hydrogens is 829 g/mol. The maximum absolute atomic E-state index is 12.8. The van der Waals surface area contributed by atoms with Crippen LogP contribution in [0.2, 0.25) is 0 Å². The number of hydrogen-bond acceptors (Lipinski definition) is 6. The summed E-state index contributed by atoms with van der Waals surface area (Å²) < 4.78 is 16.7. The van der Waals surface area contributed by atoms with E-state index >= 15 is 0 Å². The molecule has 0 bridgehead atoms. The maximum Gasteiger partial charge on any atom is 0.306 e. The second kappa shape index (κ2) is 54.7. The van der Waals surface area contributed by atoms with Gasteiger partial charge >= 0.3 is 17.9 Å². The van der Waals surface area contributed by atoms with Crippen LogP contribution >= 0.6 is 0 Å². The molecule has 0 aromatic heterocycles. The van der Waals surface area contributed by atoms with Crippen molar-refractivity contribution in [2.75, 3.05) is 13.2 Å². The number of rotatable bonds is 48. The highest BCUT2D eigenvalue weighted by Gasteiger charge is 2.19. The molecule has 0 spiro atoms. The Hall–Kier alpha value is -3.93. The number of carbonyl (C=O) groups is 3. The highest BCUT2D eigenvalue weighted by Crippen LogP contribution is 2.14. The van der Waals surface area contributed by atoms with Gasteiger partial charge in [0.2, 0.25) is 0 Å². The van der Waals surface area contributed by atoms with E-state index in [1.165, 1.54) is 116 Å². The van der Waals surface area contributed by atoms with E-state index in [2.05, 4.69) is 124 Å². The summed E-state index contributed by atoms with van der Waals surface area (Å²) in [4.78, 5) is 38.0. The fourth-order valence-corrected chi connectivity index (χ4v) is 7.17. The van der Waals surface area contributed by atoms with E-state index in [0.717, 1.165) is 70.6 Å². The minimum absolute atomic E-state index is 0.121. The lowest BCUT2D eigenvalue weighted by atomic mass is 10.1. The highest BCUT2D eigenvalue weighted by molar-refractivity contribution is 5.71. The number of esters is 3. The standard InChI is InChI=1S/C61H100O6/c1-4-7-10-13-16-19-22-25-27-29-30-32-33-36-39-42-45-48-51-54-60(63)66-57-58(56-65-59(62)53-50-47-44-41-38-35-24-21-18-15-12-9-6-3)67-61(64)55-52-49-46-43-40-37-34-31-28-26-23-20-17-14-11-8-5-2/h8,11,16-17,19-20,22,25-26,28,34-35,37-38,43-44,46-47,58H,4-7,9-10,12-15,18,21,23-24,27,29-33,36,39-42,45,48-57H2,1-3H3/b11-8-,19-16-,20-17-,25-22-,28-26-,37-34-,38-35-,46-43-,47-44-. The van der Waals surface area contributed by atoms with Gasteiger partial charge in [-0.15, -0.1) is 0 Å². The predicted octanol–water partition coefficient (Wildman–Crippen LogP) is 18.3. The molecule has 0 saturated heterocycles. The first-order valence-corrected chi connectivity index (χ1v) is 27.4. The summed E-state index contributed by atoms with van der Waals surface area (Å²) >= 11 is 0. The summed E-state index contributed by atoms with van der Waals surface area (Å²) in [5.41, 5.74) is 0. The second-order valence-electron chi connectivity index (χ2n) is 17.8. The van der Waals surface area contributed by atoms with Crippen molar-refractivity contribution < 1.29 is 28.6 Å². The van der Waals surface area contributed by atoms with Crippen LogP contribution in [0.5, 0.6) is 0 Å². The number of ether oxygens (including phenoxy) is 3. The first kappa shape index (κ1) is 63.1. The third-order valence-corrected chi connectivity index (χ3v) is 11.3. The van der Waals surface area contributed by atoms with Crippen LogP contribution in [0, 0.1) is 0 Å². The Kier molecular flexibility index (Phi) is 51.5. The molecule has 6 heteroatoms. The Morgan fingerprint density at radius 3 is 1.16 bits per heavy atom. The van der Waals surface area contributed by atoms with Gasteiger partial charge in [-0.3, -0.25) is 14.4 Å². The van der Waals surface area contributed by atoms with Crippen molar-refractivity contribution in [2.45, 2.75) is 245 Å². The van der Waals surface area contributed by atoms with Crippen molar-refractivity contribution in [3.05, 3.63) is 109 Å². The van der Waals surface area contributed by atoms with E-state index in [4.69, 9.17) is 14.2 Å². The van der Waals surface area contributed by atoms with Crippen LogP contribution in [-0.4, -0.2) is 37.2 Å². The van der Waals surface area contributed by atoms with Crippen molar-refractivity contribution in [3.63, 3.8) is 0 Å². The van der Waals surface area contributed by atoms with Crippen LogP contribution in [-0.2, 0) is 28.6 Å². The first-order chi connectivity index (χ1) is 33.0. The second-order valence-corrected chi connectivity index (χ2v) is 17.8. The third kappa shape index (κ3) is 52.9. The summed E-state index contributed by atoms with van der Waals surface area (Å²) in [5, 5.41) is 0. The fourth-order valence-electron chi connectivity index (χ4n) is 7.17. The van der Waals surface area contributed by atoms with E-state index in [1.54, 1.807) is 0 Å². The van der Waals surface area contributed by atoms with Gasteiger partial charge in [0.25, 0.3) is 0 Å².